The Morgan fingerprint density at radius 1 is 1.00 bits per heavy atom. The Balaban J connectivity index is 1.93. The van der Waals surface area contributed by atoms with Gasteiger partial charge in [0.2, 0.25) is 0 Å². The smallest absolute Gasteiger partial charge is 0.123 e. The van der Waals surface area contributed by atoms with Crippen molar-refractivity contribution in [2.75, 3.05) is 18.5 Å². The minimum absolute atomic E-state index is 0.200. The van der Waals surface area contributed by atoms with Gasteiger partial charge in [-0.25, -0.2) is 4.39 Å². The summed E-state index contributed by atoms with van der Waals surface area (Å²) in [4.78, 5) is 2.15. The molecule has 0 fully saturated rings. The summed E-state index contributed by atoms with van der Waals surface area (Å²) >= 11 is 0. The summed E-state index contributed by atoms with van der Waals surface area (Å²) in [6.07, 6.45) is 4.07. The lowest BCUT2D eigenvalue weighted by atomic mass is 10.2. The molecule has 0 heterocycles. The quantitative estimate of drug-likeness (QED) is 0.782. The van der Waals surface area contributed by atoms with Crippen LogP contribution in [-0.2, 0) is 0 Å². The summed E-state index contributed by atoms with van der Waals surface area (Å²) in [5, 5.41) is 0. The molecule has 0 unspecified atom stereocenters. The molecule has 0 aliphatic rings. The van der Waals surface area contributed by atoms with Crippen molar-refractivity contribution in [2.45, 2.75) is 0 Å². The summed E-state index contributed by atoms with van der Waals surface area (Å²) < 4.78 is 12.7. The maximum absolute atomic E-state index is 12.7. The van der Waals surface area contributed by atoms with Gasteiger partial charge in [0, 0.05) is 19.3 Å². The molecule has 0 N–H and O–H groups in total. The van der Waals surface area contributed by atoms with Gasteiger partial charge in [-0.2, -0.15) is 0 Å². The molecule has 0 aromatic heterocycles. The van der Waals surface area contributed by atoms with Crippen LogP contribution >= 0.6 is 0 Å². The fourth-order valence-corrected chi connectivity index (χ4v) is 1.71. The minimum Gasteiger partial charge on any atom is -0.371 e. The number of hydrogen-bond donors (Lipinski definition) is 0. The largest absolute Gasteiger partial charge is 0.371 e. The number of rotatable bonds is 4. The average molecular weight is 241 g/mol. The van der Waals surface area contributed by atoms with E-state index >= 15 is 0 Å². The molecule has 1 nitrogen and oxygen atoms in total. The summed E-state index contributed by atoms with van der Waals surface area (Å²) in [5.74, 6) is -0.200. The van der Waals surface area contributed by atoms with Crippen molar-refractivity contribution in [2.24, 2.45) is 0 Å². The molecular weight excluding hydrogens is 225 g/mol. The van der Waals surface area contributed by atoms with Crippen molar-refractivity contribution < 1.29 is 4.39 Å². The Morgan fingerprint density at radius 3 is 2.33 bits per heavy atom. The molecule has 0 aliphatic heterocycles. The van der Waals surface area contributed by atoms with E-state index in [0.717, 1.165) is 12.1 Å². The van der Waals surface area contributed by atoms with Gasteiger partial charge in [0.15, 0.2) is 0 Å². The van der Waals surface area contributed by atoms with Crippen LogP contribution in [0.1, 0.15) is 5.56 Å². The second-order valence-corrected chi connectivity index (χ2v) is 4.17. The number of halogens is 1. The van der Waals surface area contributed by atoms with Crippen LogP contribution in [0.4, 0.5) is 10.1 Å². The van der Waals surface area contributed by atoms with Gasteiger partial charge < -0.3 is 4.90 Å². The van der Waals surface area contributed by atoms with Gasteiger partial charge in [-0.05, 0) is 29.8 Å². The zero-order valence-electron chi connectivity index (χ0n) is 10.4. The highest BCUT2D eigenvalue weighted by Gasteiger charge is 1.95. The van der Waals surface area contributed by atoms with Gasteiger partial charge in [0.1, 0.15) is 5.82 Å². The standard InChI is InChI=1S/C16H16FN/c1-18(16-7-3-2-4-8-16)13-5-6-14-9-11-15(17)12-10-14/h2-12H,13H2,1H3/b6-5+. The molecule has 2 heteroatoms. The van der Waals surface area contributed by atoms with E-state index in [4.69, 9.17) is 0 Å². The SMILES string of the molecule is CN(C/C=C/c1ccc(F)cc1)c1ccccc1. The fourth-order valence-electron chi connectivity index (χ4n) is 1.71. The van der Waals surface area contributed by atoms with Gasteiger partial charge in [0.25, 0.3) is 0 Å². The molecule has 92 valence electrons. The number of hydrogen-bond acceptors (Lipinski definition) is 1. The third-order valence-corrected chi connectivity index (χ3v) is 2.76. The molecule has 0 bridgehead atoms. The lowest BCUT2D eigenvalue weighted by molar-refractivity contribution is 0.628. The van der Waals surface area contributed by atoms with Crippen molar-refractivity contribution >= 4 is 11.8 Å². The Hall–Kier alpha value is -2.09. The zero-order chi connectivity index (χ0) is 12.8. The topological polar surface area (TPSA) is 3.24 Å². The molecular formula is C16H16FN. The van der Waals surface area contributed by atoms with Gasteiger partial charge in [-0.3, -0.25) is 0 Å². The van der Waals surface area contributed by atoms with Gasteiger partial charge in [0.05, 0.1) is 0 Å². The first kappa shape index (κ1) is 12.4. The number of nitrogens with zero attached hydrogens (tertiary/aromatic N) is 1. The molecule has 0 spiro atoms. The maximum Gasteiger partial charge on any atom is 0.123 e. The fraction of sp³-hybridized carbons (Fsp3) is 0.125. The van der Waals surface area contributed by atoms with Crippen LogP contribution in [0.15, 0.2) is 60.7 Å². The third-order valence-electron chi connectivity index (χ3n) is 2.76. The van der Waals surface area contributed by atoms with Crippen molar-refractivity contribution in [1.82, 2.24) is 0 Å². The van der Waals surface area contributed by atoms with Gasteiger partial charge >= 0.3 is 0 Å². The summed E-state index contributed by atoms with van der Waals surface area (Å²) in [5.41, 5.74) is 2.19. The molecule has 2 aromatic carbocycles. The molecule has 2 rings (SSSR count). The van der Waals surface area contributed by atoms with E-state index in [1.54, 1.807) is 12.1 Å². The zero-order valence-corrected chi connectivity index (χ0v) is 10.4. The number of likely N-dealkylation sites (N-methyl/N-ethyl adjacent to an activating group) is 1. The van der Waals surface area contributed by atoms with Crippen molar-refractivity contribution in [3.05, 3.63) is 72.1 Å². The minimum atomic E-state index is -0.200. The molecule has 0 saturated heterocycles. The maximum atomic E-state index is 12.7. The average Bonchev–Trinajstić information content (AvgIpc) is 2.42. The molecule has 0 saturated carbocycles. The summed E-state index contributed by atoms with van der Waals surface area (Å²) in [7, 11) is 2.05. The highest BCUT2D eigenvalue weighted by atomic mass is 19.1. The Bertz CT molecular complexity index is 502. The molecule has 0 radical (unpaired) electrons. The Labute approximate surface area is 107 Å². The van der Waals surface area contributed by atoms with E-state index in [1.165, 1.54) is 17.8 Å². The van der Waals surface area contributed by atoms with Crippen molar-refractivity contribution in [3.8, 4) is 0 Å². The normalized spacial score (nSPS) is 10.8. The van der Waals surface area contributed by atoms with Crippen molar-refractivity contribution in [3.63, 3.8) is 0 Å². The Morgan fingerprint density at radius 2 is 1.67 bits per heavy atom. The number of anilines is 1. The van der Waals surface area contributed by atoms with Crippen LogP contribution < -0.4 is 4.90 Å². The first-order chi connectivity index (χ1) is 8.75. The summed E-state index contributed by atoms with van der Waals surface area (Å²) in [6.45, 7) is 0.821. The monoisotopic (exact) mass is 241 g/mol. The number of para-hydroxylation sites is 1. The second-order valence-electron chi connectivity index (χ2n) is 4.17. The predicted octanol–water partition coefficient (Wildman–Crippen LogP) is 3.98. The van der Waals surface area contributed by atoms with Crippen LogP contribution in [0.5, 0.6) is 0 Å². The van der Waals surface area contributed by atoms with E-state index < -0.39 is 0 Å². The van der Waals surface area contributed by atoms with E-state index in [1.807, 2.05) is 31.3 Å². The van der Waals surface area contributed by atoms with E-state index in [-0.39, 0.29) is 5.82 Å². The van der Waals surface area contributed by atoms with Crippen LogP contribution in [0.25, 0.3) is 6.08 Å². The summed E-state index contributed by atoms with van der Waals surface area (Å²) in [6, 6.07) is 16.7. The van der Waals surface area contributed by atoms with Crippen LogP contribution in [0.2, 0.25) is 0 Å². The van der Waals surface area contributed by atoms with Crippen LogP contribution in [0, 0.1) is 5.82 Å². The lowest BCUT2D eigenvalue weighted by Gasteiger charge is -2.16. The van der Waals surface area contributed by atoms with Crippen molar-refractivity contribution in [1.29, 1.82) is 0 Å². The molecule has 18 heavy (non-hydrogen) atoms. The molecule has 0 aliphatic carbocycles. The molecule has 0 amide bonds. The lowest BCUT2D eigenvalue weighted by Crippen LogP contribution is -2.16. The first-order valence-electron chi connectivity index (χ1n) is 5.94. The highest BCUT2D eigenvalue weighted by Crippen LogP contribution is 2.11. The second kappa shape index (κ2) is 6.01. The Kier molecular flexibility index (Phi) is 4.13. The highest BCUT2D eigenvalue weighted by molar-refractivity contribution is 5.51. The predicted molar refractivity (Wildman–Crippen MR) is 75.1 cm³/mol. The van der Waals surface area contributed by atoms with E-state index in [2.05, 4.69) is 23.1 Å². The van der Waals surface area contributed by atoms with Crippen LogP contribution in [0.3, 0.4) is 0 Å². The van der Waals surface area contributed by atoms with Crippen LogP contribution in [-0.4, -0.2) is 13.6 Å². The van der Waals surface area contributed by atoms with Gasteiger partial charge in [-0.15, -0.1) is 0 Å². The third kappa shape index (κ3) is 3.45. The van der Waals surface area contributed by atoms with Gasteiger partial charge in [-0.1, -0.05) is 42.5 Å². The van der Waals surface area contributed by atoms with E-state index in [9.17, 15) is 4.39 Å². The van der Waals surface area contributed by atoms with E-state index in [0.29, 0.717) is 0 Å². The molecule has 0 atom stereocenters. The first-order valence-corrected chi connectivity index (χ1v) is 5.94. The molecule has 2 aromatic rings. The number of benzene rings is 2.